The molecule has 2 rings (SSSR count). The first-order chi connectivity index (χ1) is 12.9. The van der Waals surface area contributed by atoms with Crippen LogP contribution >= 0.6 is 0 Å². The third-order valence-electron chi connectivity index (χ3n) is 4.65. The van der Waals surface area contributed by atoms with Crippen molar-refractivity contribution in [1.29, 1.82) is 0 Å². The number of amides is 2. The molecule has 0 saturated carbocycles. The van der Waals surface area contributed by atoms with E-state index >= 15 is 0 Å². The number of likely N-dealkylation sites (tertiary alicyclic amines) is 1. The number of hydrogen-bond donors (Lipinski definition) is 1. The van der Waals surface area contributed by atoms with Gasteiger partial charge < -0.3 is 24.4 Å². The lowest BCUT2D eigenvalue weighted by molar-refractivity contribution is -0.134. The standard InChI is InChI=1S/C19H29N3O5/c1-21(2)19(24)14-7-6-8-22(14)12-17(23)20-11-13-9-15(25-3)18(27-5)16(10-13)26-4/h9-10,14H,6-8,11-12H2,1-5H3,(H,20,23). The summed E-state index contributed by atoms with van der Waals surface area (Å²) in [5, 5.41) is 2.90. The van der Waals surface area contributed by atoms with Crippen molar-refractivity contribution >= 4 is 11.8 Å². The van der Waals surface area contributed by atoms with Crippen LogP contribution in [0.5, 0.6) is 17.2 Å². The van der Waals surface area contributed by atoms with E-state index in [1.807, 2.05) is 4.90 Å². The molecule has 27 heavy (non-hydrogen) atoms. The van der Waals surface area contributed by atoms with Gasteiger partial charge >= 0.3 is 0 Å². The minimum Gasteiger partial charge on any atom is -0.493 e. The van der Waals surface area contributed by atoms with Gasteiger partial charge in [0.25, 0.3) is 0 Å². The number of methoxy groups -OCH3 is 3. The van der Waals surface area contributed by atoms with Crippen molar-refractivity contribution in [3.8, 4) is 17.2 Å². The molecule has 0 spiro atoms. The first kappa shape index (κ1) is 20.8. The summed E-state index contributed by atoms with van der Waals surface area (Å²) in [4.78, 5) is 28.1. The fourth-order valence-electron chi connectivity index (χ4n) is 3.27. The number of ether oxygens (including phenoxy) is 3. The average molecular weight is 379 g/mol. The smallest absolute Gasteiger partial charge is 0.239 e. The van der Waals surface area contributed by atoms with Gasteiger partial charge in [-0.15, -0.1) is 0 Å². The second-order valence-corrected chi connectivity index (χ2v) is 6.67. The summed E-state index contributed by atoms with van der Waals surface area (Å²) < 4.78 is 16.0. The fourth-order valence-corrected chi connectivity index (χ4v) is 3.27. The maximum absolute atomic E-state index is 12.4. The second-order valence-electron chi connectivity index (χ2n) is 6.67. The topological polar surface area (TPSA) is 80.3 Å². The van der Waals surface area contributed by atoms with Crippen LogP contribution < -0.4 is 19.5 Å². The van der Waals surface area contributed by atoms with E-state index in [9.17, 15) is 9.59 Å². The summed E-state index contributed by atoms with van der Waals surface area (Å²) in [7, 11) is 8.12. The maximum Gasteiger partial charge on any atom is 0.239 e. The molecule has 1 fully saturated rings. The molecule has 1 aromatic carbocycles. The van der Waals surface area contributed by atoms with Gasteiger partial charge in [-0.2, -0.15) is 0 Å². The highest BCUT2D eigenvalue weighted by molar-refractivity contribution is 5.83. The predicted octanol–water partition coefficient (Wildman–Crippen LogP) is 0.881. The van der Waals surface area contributed by atoms with Crippen molar-refractivity contribution in [1.82, 2.24) is 15.1 Å². The van der Waals surface area contributed by atoms with Crippen LogP contribution in [-0.2, 0) is 16.1 Å². The van der Waals surface area contributed by atoms with E-state index in [1.54, 1.807) is 52.5 Å². The lowest BCUT2D eigenvalue weighted by Crippen LogP contribution is -2.46. The highest BCUT2D eigenvalue weighted by Gasteiger charge is 2.32. The number of likely N-dealkylation sites (N-methyl/N-ethyl adjacent to an activating group) is 1. The molecule has 150 valence electrons. The summed E-state index contributed by atoms with van der Waals surface area (Å²) in [5.41, 5.74) is 0.834. The molecule has 1 aliphatic heterocycles. The highest BCUT2D eigenvalue weighted by atomic mass is 16.5. The summed E-state index contributed by atoms with van der Waals surface area (Å²) in [5.74, 6) is 1.51. The Morgan fingerprint density at radius 3 is 2.30 bits per heavy atom. The van der Waals surface area contributed by atoms with Gasteiger partial charge in [0.1, 0.15) is 0 Å². The minimum atomic E-state index is -0.216. The molecular formula is C19H29N3O5. The zero-order valence-electron chi connectivity index (χ0n) is 16.7. The van der Waals surface area contributed by atoms with E-state index in [0.717, 1.165) is 24.9 Å². The summed E-state index contributed by atoms with van der Waals surface area (Å²) >= 11 is 0. The van der Waals surface area contributed by atoms with E-state index in [-0.39, 0.29) is 24.4 Å². The van der Waals surface area contributed by atoms with Gasteiger partial charge in [0.05, 0.1) is 33.9 Å². The van der Waals surface area contributed by atoms with Crippen LogP contribution in [0.1, 0.15) is 18.4 Å². The number of carbonyl (C=O) groups excluding carboxylic acids is 2. The molecule has 1 aliphatic rings. The lowest BCUT2D eigenvalue weighted by atomic mass is 10.1. The van der Waals surface area contributed by atoms with Crippen LogP contribution in [0.4, 0.5) is 0 Å². The molecule has 8 heteroatoms. The normalized spacial score (nSPS) is 16.7. The minimum absolute atomic E-state index is 0.0462. The molecule has 0 bridgehead atoms. The Balaban J connectivity index is 1.98. The van der Waals surface area contributed by atoms with Crippen LogP contribution in [0, 0.1) is 0 Å². The molecular weight excluding hydrogens is 350 g/mol. The Kier molecular flexibility index (Phi) is 7.29. The van der Waals surface area contributed by atoms with Crippen molar-refractivity contribution in [2.45, 2.75) is 25.4 Å². The maximum atomic E-state index is 12.4. The van der Waals surface area contributed by atoms with E-state index < -0.39 is 0 Å². The first-order valence-electron chi connectivity index (χ1n) is 8.92. The van der Waals surface area contributed by atoms with E-state index in [1.165, 1.54) is 0 Å². The van der Waals surface area contributed by atoms with Gasteiger partial charge in [0.2, 0.25) is 17.6 Å². The van der Waals surface area contributed by atoms with Crippen molar-refractivity contribution in [2.24, 2.45) is 0 Å². The zero-order chi connectivity index (χ0) is 20.0. The zero-order valence-corrected chi connectivity index (χ0v) is 16.7. The Labute approximate surface area is 160 Å². The number of benzene rings is 1. The fraction of sp³-hybridized carbons (Fsp3) is 0.579. The molecule has 1 heterocycles. The van der Waals surface area contributed by atoms with Crippen LogP contribution in [0.25, 0.3) is 0 Å². The van der Waals surface area contributed by atoms with Crippen LogP contribution in [-0.4, -0.2) is 76.2 Å². The van der Waals surface area contributed by atoms with Gasteiger partial charge in [-0.1, -0.05) is 0 Å². The third-order valence-corrected chi connectivity index (χ3v) is 4.65. The summed E-state index contributed by atoms with van der Waals surface area (Å²) in [6.45, 7) is 1.28. The summed E-state index contributed by atoms with van der Waals surface area (Å²) in [6.07, 6.45) is 1.71. The van der Waals surface area contributed by atoms with Crippen molar-refractivity contribution in [3.63, 3.8) is 0 Å². The van der Waals surface area contributed by atoms with Crippen LogP contribution in [0.3, 0.4) is 0 Å². The van der Waals surface area contributed by atoms with Gasteiger partial charge in [-0.25, -0.2) is 0 Å². The first-order valence-corrected chi connectivity index (χ1v) is 8.92. The quantitative estimate of drug-likeness (QED) is 0.722. The summed E-state index contributed by atoms with van der Waals surface area (Å²) in [6, 6.07) is 3.39. The van der Waals surface area contributed by atoms with E-state index in [0.29, 0.717) is 23.8 Å². The second kappa shape index (κ2) is 9.45. The molecule has 2 amide bonds. The van der Waals surface area contributed by atoms with Gasteiger partial charge in [0.15, 0.2) is 11.5 Å². The Hall–Kier alpha value is -2.48. The molecule has 1 N–H and O–H groups in total. The molecule has 8 nitrogen and oxygen atoms in total. The van der Waals surface area contributed by atoms with Crippen LogP contribution in [0.15, 0.2) is 12.1 Å². The largest absolute Gasteiger partial charge is 0.493 e. The molecule has 1 atom stereocenters. The molecule has 0 aromatic heterocycles. The number of hydrogen-bond acceptors (Lipinski definition) is 6. The van der Waals surface area contributed by atoms with Crippen molar-refractivity contribution in [3.05, 3.63) is 17.7 Å². The van der Waals surface area contributed by atoms with Gasteiger partial charge in [-0.3, -0.25) is 14.5 Å². The van der Waals surface area contributed by atoms with Gasteiger partial charge in [0, 0.05) is 20.6 Å². The average Bonchev–Trinajstić information content (AvgIpc) is 3.12. The van der Waals surface area contributed by atoms with Crippen LogP contribution in [0.2, 0.25) is 0 Å². The Morgan fingerprint density at radius 2 is 1.78 bits per heavy atom. The lowest BCUT2D eigenvalue weighted by Gasteiger charge is -2.25. The Bertz CT molecular complexity index is 652. The molecule has 0 aliphatic carbocycles. The van der Waals surface area contributed by atoms with E-state index in [2.05, 4.69) is 5.32 Å². The van der Waals surface area contributed by atoms with Crippen molar-refractivity contribution in [2.75, 3.05) is 48.5 Å². The SMILES string of the molecule is COc1cc(CNC(=O)CN2CCCC2C(=O)N(C)C)cc(OC)c1OC. The van der Waals surface area contributed by atoms with Crippen molar-refractivity contribution < 1.29 is 23.8 Å². The number of nitrogens with one attached hydrogen (secondary N) is 1. The number of rotatable bonds is 8. The molecule has 1 saturated heterocycles. The molecule has 1 unspecified atom stereocenters. The van der Waals surface area contributed by atoms with E-state index in [4.69, 9.17) is 14.2 Å². The van der Waals surface area contributed by atoms with Gasteiger partial charge in [-0.05, 0) is 37.1 Å². The number of carbonyl (C=O) groups is 2. The predicted molar refractivity (Wildman–Crippen MR) is 101 cm³/mol. The number of nitrogens with zero attached hydrogens (tertiary/aromatic N) is 2. The molecule has 0 radical (unpaired) electrons. The highest BCUT2D eigenvalue weighted by Crippen LogP contribution is 2.38. The third kappa shape index (κ3) is 5.03. The molecule has 1 aromatic rings. The monoisotopic (exact) mass is 379 g/mol. The Morgan fingerprint density at radius 1 is 1.15 bits per heavy atom.